The van der Waals surface area contributed by atoms with E-state index in [2.05, 4.69) is 40.6 Å². The van der Waals surface area contributed by atoms with Crippen LogP contribution >= 0.6 is 0 Å². The van der Waals surface area contributed by atoms with Crippen molar-refractivity contribution >= 4 is 5.69 Å². The highest BCUT2D eigenvalue weighted by Crippen LogP contribution is 2.46. The molecule has 0 spiro atoms. The molecule has 1 aromatic heterocycles. The Labute approximate surface area is 105 Å². The van der Waals surface area contributed by atoms with Crippen LogP contribution in [0.2, 0.25) is 0 Å². The van der Waals surface area contributed by atoms with Gasteiger partial charge in [-0.1, -0.05) is 18.1 Å². The Kier molecular flexibility index (Phi) is 1.88. The number of fused-ring (bicyclic) bond motifs is 1. The summed E-state index contributed by atoms with van der Waals surface area (Å²) in [5.74, 6) is 1.49. The molecule has 2 heterocycles. The maximum absolute atomic E-state index is 5.39. The van der Waals surface area contributed by atoms with Crippen LogP contribution in [-0.4, -0.2) is 16.7 Å². The van der Waals surface area contributed by atoms with E-state index in [1.807, 2.05) is 0 Å². The molecule has 1 aromatic carbocycles. The third-order valence-corrected chi connectivity index (χ3v) is 4.03. The van der Waals surface area contributed by atoms with E-state index in [0.717, 1.165) is 37.2 Å². The van der Waals surface area contributed by atoms with Gasteiger partial charge in [0, 0.05) is 23.2 Å². The first-order chi connectivity index (χ1) is 8.74. The fourth-order valence-corrected chi connectivity index (χ4v) is 2.42. The molecule has 1 saturated carbocycles. The molecule has 0 unspecified atom stereocenters. The molecule has 4 rings (SSSR count). The summed E-state index contributed by atoms with van der Waals surface area (Å²) >= 11 is 0. The Hall–Kier alpha value is -1.84. The number of nitrogens with zero attached hydrogens (tertiary/aromatic N) is 2. The van der Waals surface area contributed by atoms with Crippen molar-refractivity contribution in [2.24, 2.45) is 0 Å². The second-order valence-electron chi connectivity index (χ2n) is 5.53. The number of anilines is 1. The van der Waals surface area contributed by atoms with Gasteiger partial charge in [0.2, 0.25) is 0 Å². The zero-order valence-electron chi connectivity index (χ0n) is 10.4. The van der Waals surface area contributed by atoms with Crippen molar-refractivity contribution in [3.63, 3.8) is 0 Å². The van der Waals surface area contributed by atoms with Gasteiger partial charge in [-0.15, -0.1) is 0 Å². The van der Waals surface area contributed by atoms with Crippen molar-refractivity contribution in [3.05, 3.63) is 29.6 Å². The molecule has 18 heavy (non-hydrogen) atoms. The molecule has 2 aliphatic rings. The lowest BCUT2D eigenvalue weighted by atomic mass is 10.1. The van der Waals surface area contributed by atoms with Gasteiger partial charge in [0.1, 0.15) is 0 Å². The van der Waals surface area contributed by atoms with E-state index in [0.29, 0.717) is 5.89 Å². The standard InChI is InChI=1S/C14H15N3O/c1-14(5-6-14)13-16-12(18-17-13)10-3-2-9-4-7-15-11(9)8-10/h2-3,8,15H,4-7H2,1H3. The zero-order chi connectivity index (χ0) is 12.2. The van der Waals surface area contributed by atoms with Gasteiger partial charge in [0.25, 0.3) is 5.89 Å². The van der Waals surface area contributed by atoms with Crippen molar-refractivity contribution in [2.75, 3.05) is 11.9 Å². The summed E-state index contributed by atoms with van der Waals surface area (Å²) in [7, 11) is 0. The van der Waals surface area contributed by atoms with E-state index < -0.39 is 0 Å². The molecule has 0 bridgehead atoms. The van der Waals surface area contributed by atoms with Gasteiger partial charge in [0.05, 0.1) is 0 Å². The average Bonchev–Trinajstić information content (AvgIpc) is 2.89. The lowest BCUT2D eigenvalue weighted by Gasteiger charge is -2.01. The third kappa shape index (κ3) is 1.45. The van der Waals surface area contributed by atoms with Crippen LogP contribution in [0.25, 0.3) is 11.5 Å². The smallest absolute Gasteiger partial charge is 0.258 e. The minimum absolute atomic E-state index is 0.163. The minimum atomic E-state index is 0.163. The topological polar surface area (TPSA) is 51.0 Å². The third-order valence-electron chi connectivity index (χ3n) is 4.03. The molecule has 92 valence electrons. The van der Waals surface area contributed by atoms with Crippen molar-refractivity contribution in [2.45, 2.75) is 31.6 Å². The molecule has 0 radical (unpaired) electrons. The lowest BCUT2D eigenvalue weighted by molar-refractivity contribution is 0.416. The van der Waals surface area contributed by atoms with E-state index in [4.69, 9.17) is 4.52 Å². The molecule has 1 fully saturated rings. The summed E-state index contributed by atoms with van der Waals surface area (Å²) < 4.78 is 5.39. The quantitative estimate of drug-likeness (QED) is 0.878. The number of nitrogens with one attached hydrogen (secondary N) is 1. The molecule has 4 heteroatoms. The molecule has 0 saturated heterocycles. The van der Waals surface area contributed by atoms with Crippen LogP contribution in [0.15, 0.2) is 22.7 Å². The Bertz CT molecular complexity index is 613. The van der Waals surface area contributed by atoms with Gasteiger partial charge < -0.3 is 9.84 Å². The minimum Gasteiger partial charge on any atom is -0.384 e. The van der Waals surface area contributed by atoms with Gasteiger partial charge in [-0.25, -0.2) is 0 Å². The fraction of sp³-hybridized carbons (Fsp3) is 0.429. The SMILES string of the molecule is CC1(c2noc(-c3ccc4c(c3)NCC4)n2)CC1. The highest BCUT2D eigenvalue weighted by Gasteiger charge is 2.43. The van der Waals surface area contributed by atoms with Crippen molar-refractivity contribution < 1.29 is 4.52 Å². The van der Waals surface area contributed by atoms with Gasteiger partial charge in [-0.05, 0) is 37.0 Å². The van der Waals surface area contributed by atoms with E-state index in [9.17, 15) is 0 Å². The number of hydrogen-bond acceptors (Lipinski definition) is 4. The molecule has 1 N–H and O–H groups in total. The van der Waals surface area contributed by atoms with Gasteiger partial charge >= 0.3 is 0 Å². The summed E-state index contributed by atoms with van der Waals surface area (Å²) in [5, 5.41) is 7.48. The molecule has 1 aliphatic heterocycles. The van der Waals surface area contributed by atoms with Crippen LogP contribution in [-0.2, 0) is 11.8 Å². The maximum Gasteiger partial charge on any atom is 0.258 e. The second kappa shape index (κ2) is 3.34. The van der Waals surface area contributed by atoms with Crippen LogP contribution in [0.5, 0.6) is 0 Å². The summed E-state index contributed by atoms with van der Waals surface area (Å²) in [6.45, 7) is 3.21. The molecular formula is C14H15N3O. The molecule has 4 nitrogen and oxygen atoms in total. The summed E-state index contributed by atoms with van der Waals surface area (Å²) in [5.41, 5.74) is 3.74. The zero-order valence-corrected chi connectivity index (χ0v) is 10.4. The number of hydrogen-bond donors (Lipinski definition) is 1. The van der Waals surface area contributed by atoms with Gasteiger partial charge in [0.15, 0.2) is 5.82 Å². The van der Waals surface area contributed by atoms with Crippen LogP contribution < -0.4 is 5.32 Å². The van der Waals surface area contributed by atoms with E-state index >= 15 is 0 Å². The highest BCUT2D eigenvalue weighted by molar-refractivity contribution is 5.66. The predicted octanol–water partition coefficient (Wildman–Crippen LogP) is 2.76. The lowest BCUT2D eigenvalue weighted by Crippen LogP contribution is -2.01. The fourth-order valence-electron chi connectivity index (χ4n) is 2.42. The number of rotatable bonds is 2. The second-order valence-corrected chi connectivity index (χ2v) is 5.53. The molecule has 0 atom stereocenters. The number of benzene rings is 1. The first-order valence-corrected chi connectivity index (χ1v) is 6.46. The van der Waals surface area contributed by atoms with E-state index in [-0.39, 0.29) is 5.41 Å². The van der Waals surface area contributed by atoms with E-state index in [1.54, 1.807) is 0 Å². The Morgan fingerprint density at radius 1 is 1.33 bits per heavy atom. The Morgan fingerprint density at radius 3 is 3.06 bits per heavy atom. The van der Waals surface area contributed by atoms with Crippen LogP contribution in [0, 0.1) is 0 Å². The highest BCUT2D eigenvalue weighted by atomic mass is 16.5. The Balaban J connectivity index is 1.72. The average molecular weight is 241 g/mol. The summed E-state index contributed by atoms with van der Waals surface area (Å²) in [4.78, 5) is 4.53. The first-order valence-electron chi connectivity index (χ1n) is 6.46. The van der Waals surface area contributed by atoms with Crippen LogP contribution in [0.1, 0.15) is 31.2 Å². The Morgan fingerprint density at radius 2 is 2.22 bits per heavy atom. The molecule has 1 aliphatic carbocycles. The molecule has 2 aromatic rings. The van der Waals surface area contributed by atoms with Crippen molar-refractivity contribution in [1.29, 1.82) is 0 Å². The van der Waals surface area contributed by atoms with Gasteiger partial charge in [-0.2, -0.15) is 4.98 Å². The van der Waals surface area contributed by atoms with Crippen LogP contribution in [0.3, 0.4) is 0 Å². The maximum atomic E-state index is 5.39. The van der Waals surface area contributed by atoms with Crippen molar-refractivity contribution in [3.8, 4) is 11.5 Å². The van der Waals surface area contributed by atoms with Crippen molar-refractivity contribution in [1.82, 2.24) is 10.1 Å². The largest absolute Gasteiger partial charge is 0.384 e. The summed E-state index contributed by atoms with van der Waals surface area (Å²) in [6, 6.07) is 6.32. The number of aromatic nitrogens is 2. The molecular weight excluding hydrogens is 226 g/mol. The van der Waals surface area contributed by atoms with Gasteiger partial charge in [-0.3, -0.25) is 0 Å². The normalized spacial score (nSPS) is 19.4. The summed E-state index contributed by atoms with van der Waals surface area (Å²) in [6.07, 6.45) is 3.43. The monoisotopic (exact) mass is 241 g/mol. The first kappa shape index (κ1) is 10.1. The predicted molar refractivity (Wildman–Crippen MR) is 68.5 cm³/mol. The molecule has 0 amide bonds. The van der Waals surface area contributed by atoms with Crippen LogP contribution in [0.4, 0.5) is 5.69 Å². The van der Waals surface area contributed by atoms with E-state index in [1.165, 1.54) is 11.3 Å².